The Hall–Kier alpha value is -2.93. The lowest BCUT2D eigenvalue weighted by Crippen LogP contribution is -2.33. The number of rotatable bonds is 9. The first kappa shape index (κ1) is 22.3. The molecule has 32 heavy (non-hydrogen) atoms. The second-order valence-corrected chi connectivity index (χ2v) is 8.34. The number of aryl methyl sites for hydroxylation is 1. The SMILES string of the molecule is CCCCN(Cc1ccccc1)C(=O)c1cnc2c(cnn2CC)c1NC1CCOCC1. The van der Waals surface area contributed by atoms with Crippen LogP contribution in [0, 0.1) is 0 Å². The number of hydrogen-bond acceptors (Lipinski definition) is 5. The summed E-state index contributed by atoms with van der Waals surface area (Å²) in [7, 11) is 0. The molecule has 1 N–H and O–H groups in total. The van der Waals surface area contributed by atoms with Crippen LogP contribution in [-0.4, -0.2) is 51.4 Å². The van der Waals surface area contributed by atoms with Gasteiger partial charge in [0.1, 0.15) is 0 Å². The zero-order valence-corrected chi connectivity index (χ0v) is 19.1. The molecule has 1 saturated heterocycles. The van der Waals surface area contributed by atoms with Crippen molar-refractivity contribution in [2.75, 3.05) is 25.1 Å². The number of amides is 1. The molecule has 0 spiro atoms. The summed E-state index contributed by atoms with van der Waals surface area (Å²) in [5.41, 5.74) is 3.40. The molecule has 0 atom stereocenters. The summed E-state index contributed by atoms with van der Waals surface area (Å²) in [6.07, 6.45) is 7.39. The van der Waals surface area contributed by atoms with Gasteiger partial charge in [-0.3, -0.25) is 4.79 Å². The van der Waals surface area contributed by atoms with Gasteiger partial charge in [0, 0.05) is 45.1 Å². The van der Waals surface area contributed by atoms with E-state index in [0.29, 0.717) is 18.7 Å². The number of aromatic nitrogens is 3. The van der Waals surface area contributed by atoms with Gasteiger partial charge < -0.3 is 15.0 Å². The summed E-state index contributed by atoms with van der Waals surface area (Å²) >= 11 is 0. The minimum Gasteiger partial charge on any atom is -0.381 e. The second kappa shape index (κ2) is 10.6. The number of benzene rings is 1. The van der Waals surface area contributed by atoms with Crippen molar-refractivity contribution in [1.82, 2.24) is 19.7 Å². The molecule has 0 radical (unpaired) electrons. The van der Waals surface area contributed by atoms with E-state index in [1.54, 1.807) is 6.20 Å². The minimum absolute atomic E-state index is 0.00973. The number of fused-ring (bicyclic) bond motifs is 1. The molecular formula is C25H33N5O2. The Morgan fingerprint density at radius 1 is 1.19 bits per heavy atom. The minimum atomic E-state index is 0.00973. The van der Waals surface area contributed by atoms with Gasteiger partial charge in [0.05, 0.1) is 22.8 Å². The van der Waals surface area contributed by atoms with E-state index in [9.17, 15) is 4.79 Å². The summed E-state index contributed by atoms with van der Waals surface area (Å²) in [6, 6.07) is 10.4. The number of pyridine rings is 1. The number of nitrogens with zero attached hydrogens (tertiary/aromatic N) is 4. The third kappa shape index (κ3) is 4.93. The number of ether oxygens (including phenoxy) is 1. The van der Waals surface area contributed by atoms with Gasteiger partial charge in [0.2, 0.25) is 0 Å². The van der Waals surface area contributed by atoms with Crippen LogP contribution in [0.1, 0.15) is 55.5 Å². The maximum atomic E-state index is 13.8. The number of carbonyl (C=O) groups excluding carboxylic acids is 1. The number of unbranched alkanes of at least 4 members (excludes halogenated alkanes) is 1. The van der Waals surface area contributed by atoms with Crippen LogP contribution in [0.3, 0.4) is 0 Å². The molecule has 1 aromatic carbocycles. The topological polar surface area (TPSA) is 72.3 Å². The number of nitrogens with one attached hydrogen (secondary N) is 1. The summed E-state index contributed by atoms with van der Waals surface area (Å²) in [6.45, 7) is 7.70. The Kier molecular flexibility index (Phi) is 7.37. The van der Waals surface area contributed by atoms with E-state index in [-0.39, 0.29) is 11.9 Å². The molecule has 0 aliphatic carbocycles. The van der Waals surface area contributed by atoms with Crippen molar-refractivity contribution in [2.24, 2.45) is 0 Å². The molecule has 0 bridgehead atoms. The molecule has 1 fully saturated rings. The maximum Gasteiger partial charge on any atom is 0.257 e. The molecular weight excluding hydrogens is 402 g/mol. The van der Waals surface area contributed by atoms with Crippen LogP contribution in [0.2, 0.25) is 0 Å². The van der Waals surface area contributed by atoms with E-state index in [0.717, 1.165) is 67.7 Å². The molecule has 1 aliphatic heterocycles. The Balaban J connectivity index is 1.70. The van der Waals surface area contributed by atoms with Gasteiger partial charge in [-0.2, -0.15) is 5.10 Å². The first-order valence-corrected chi connectivity index (χ1v) is 11.7. The molecule has 0 saturated carbocycles. The largest absolute Gasteiger partial charge is 0.381 e. The lowest BCUT2D eigenvalue weighted by Gasteiger charge is -2.27. The Morgan fingerprint density at radius 2 is 1.97 bits per heavy atom. The summed E-state index contributed by atoms with van der Waals surface area (Å²) < 4.78 is 7.40. The molecule has 1 amide bonds. The smallest absolute Gasteiger partial charge is 0.257 e. The van der Waals surface area contributed by atoms with Crippen molar-refractivity contribution >= 4 is 22.6 Å². The van der Waals surface area contributed by atoms with Crippen molar-refractivity contribution in [3.05, 3.63) is 53.9 Å². The predicted octanol–water partition coefficient (Wildman–Crippen LogP) is 4.48. The van der Waals surface area contributed by atoms with E-state index in [2.05, 4.69) is 34.5 Å². The summed E-state index contributed by atoms with van der Waals surface area (Å²) in [5.74, 6) is 0.00973. The Morgan fingerprint density at radius 3 is 2.69 bits per heavy atom. The van der Waals surface area contributed by atoms with E-state index in [4.69, 9.17) is 4.74 Å². The lowest BCUT2D eigenvalue weighted by molar-refractivity contribution is 0.0741. The predicted molar refractivity (Wildman–Crippen MR) is 127 cm³/mol. The van der Waals surface area contributed by atoms with Gasteiger partial charge in [0.15, 0.2) is 5.65 Å². The third-order valence-corrected chi connectivity index (χ3v) is 6.05. The highest BCUT2D eigenvalue weighted by atomic mass is 16.5. The van der Waals surface area contributed by atoms with Crippen LogP contribution >= 0.6 is 0 Å². The first-order valence-electron chi connectivity index (χ1n) is 11.7. The molecule has 3 heterocycles. The van der Waals surface area contributed by atoms with Crippen molar-refractivity contribution < 1.29 is 9.53 Å². The Bertz CT molecular complexity index is 1030. The highest BCUT2D eigenvalue weighted by Crippen LogP contribution is 2.29. The van der Waals surface area contributed by atoms with Gasteiger partial charge >= 0.3 is 0 Å². The molecule has 170 valence electrons. The highest BCUT2D eigenvalue weighted by Gasteiger charge is 2.25. The molecule has 2 aromatic heterocycles. The van der Waals surface area contributed by atoms with E-state index in [1.807, 2.05) is 40.9 Å². The fourth-order valence-corrected chi connectivity index (χ4v) is 4.20. The fourth-order valence-electron chi connectivity index (χ4n) is 4.20. The van der Waals surface area contributed by atoms with E-state index < -0.39 is 0 Å². The van der Waals surface area contributed by atoms with Gasteiger partial charge in [-0.15, -0.1) is 0 Å². The molecule has 4 rings (SSSR count). The Labute approximate surface area is 189 Å². The standard InChI is InChI=1S/C25H33N5O2/c1-3-5-13-29(18-19-9-7-6-8-10-19)25(31)22-16-26-24-21(17-27-30(24)4-2)23(22)28-20-11-14-32-15-12-20/h6-10,16-17,20H,3-5,11-15,18H2,1-2H3,(H,26,28). The van der Waals surface area contributed by atoms with Crippen molar-refractivity contribution in [2.45, 2.75) is 58.7 Å². The van der Waals surface area contributed by atoms with Gasteiger partial charge in [0.25, 0.3) is 5.91 Å². The van der Waals surface area contributed by atoms with Crippen LogP contribution in [0.5, 0.6) is 0 Å². The number of hydrogen-bond donors (Lipinski definition) is 1. The van der Waals surface area contributed by atoms with Crippen LogP contribution in [0.4, 0.5) is 5.69 Å². The third-order valence-electron chi connectivity index (χ3n) is 6.05. The molecule has 3 aromatic rings. The van der Waals surface area contributed by atoms with Crippen molar-refractivity contribution in [3.63, 3.8) is 0 Å². The zero-order chi connectivity index (χ0) is 22.3. The van der Waals surface area contributed by atoms with Crippen molar-refractivity contribution in [3.8, 4) is 0 Å². The molecule has 0 unspecified atom stereocenters. The molecule has 7 heteroatoms. The first-order chi connectivity index (χ1) is 15.7. The van der Waals surface area contributed by atoms with Gasteiger partial charge in [-0.1, -0.05) is 43.7 Å². The van der Waals surface area contributed by atoms with Crippen LogP contribution < -0.4 is 5.32 Å². The van der Waals surface area contributed by atoms with Gasteiger partial charge in [-0.05, 0) is 31.7 Å². The van der Waals surface area contributed by atoms with Crippen LogP contribution in [0.15, 0.2) is 42.7 Å². The number of carbonyl (C=O) groups is 1. The summed E-state index contributed by atoms with van der Waals surface area (Å²) in [5, 5.41) is 9.06. The van der Waals surface area contributed by atoms with Crippen LogP contribution in [0.25, 0.3) is 11.0 Å². The normalized spacial score (nSPS) is 14.6. The maximum absolute atomic E-state index is 13.8. The average Bonchev–Trinajstić information content (AvgIpc) is 3.26. The quantitative estimate of drug-likeness (QED) is 0.536. The van der Waals surface area contributed by atoms with Gasteiger partial charge in [-0.25, -0.2) is 9.67 Å². The van der Waals surface area contributed by atoms with Crippen molar-refractivity contribution in [1.29, 1.82) is 0 Å². The highest BCUT2D eigenvalue weighted by molar-refractivity contribution is 6.06. The zero-order valence-electron chi connectivity index (χ0n) is 19.1. The molecule has 7 nitrogen and oxygen atoms in total. The fraction of sp³-hybridized carbons (Fsp3) is 0.480. The average molecular weight is 436 g/mol. The lowest BCUT2D eigenvalue weighted by atomic mass is 10.1. The van der Waals surface area contributed by atoms with E-state index >= 15 is 0 Å². The van der Waals surface area contributed by atoms with E-state index in [1.165, 1.54) is 0 Å². The molecule has 1 aliphatic rings. The number of anilines is 1. The summed E-state index contributed by atoms with van der Waals surface area (Å²) in [4.78, 5) is 20.4. The van der Waals surface area contributed by atoms with Crippen LogP contribution in [-0.2, 0) is 17.8 Å². The monoisotopic (exact) mass is 435 g/mol. The second-order valence-electron chi connectivity index (χ2n) is 8.34.